The molecule has 0 heterocycles. The van der Waals surface area contributed by atoms with Gasteiger partial charge >= 0.3 is 0 Å². The van der Waals surface area contributed by atoms with Gasteiger partial charge in [0.25, 0.3) is 10.2 Å². The quantitative estimate of drug-likeness (QED) is 0.591. The Morgan fingerprint density at radius 2 is 1.90 bits per heavy atom. The van der Waals surface area contributed by atoms with Crippen molar-refractivity contribution in [3.63, 3.8) is 0 Å². The number of hydrogen-bond donors (Lipinski definition) is 1. The first-order valence-corrected chi connectivity index (χ1v) is 9.34. The standard InChI is InChI=1S/C14H31N3O2S/c1-4-10-15-11-7-12-16(3)20(18,19)17(5-2)13-14-8-6-9-14/h14-15H,4-13H2,1-3H3. The predicted octanol–water partition coefficient (Wildman–Crippen LogP) is 1.67. The van der Waals surface area contributed by atoms with Crippen LogP contribution < -0.4 is 5.32 Å². The molecule has 0 unspecified atom stereocenters. The van der Waals surface area contributed by atoms with Crippen molar-refractivity contribution in [2.24, 2.45) is 5.92 Å². The molecule has 120 valence electrons. The van der Waals surface area contributed by atoms with Crippen molar-refractivity contribution in [1.29, 1.82) is 0 Å². The van der Waals surface area contributed by atoms with Gasteiger partial charge in [0.2, 0.25) is 0 Å². The van der Waals surface area contributed by atoms with Crippen LogP contribution in [0.5, 0.6) is 0 Å². The van der Waals surface area contributed by atoms with Crippen LogP contribution in [-0.4, -0.2) is 56.8 Å². The maximum absolute atomic E-state index is 12.5. The van der Waals surface area contributed by atoms with Gasteiger partial charge in [-0.15, -0.1) is 0 Å². The minimum Gasteiger partial charge on any atom is -0.317 e. The third-order valence-electron chi connectivity index (χ3n) is 4.01. The summed E-state index contributed by atoms with van der Waals surface area (Å²) in [7, 11) is -1.58. The van der Waals surface area contributed by atoms with Gasteiger partial charge < -0.3 is 5.32 Å². The molecule has 0 bridgehead atoms. The van der Waals surface area contributed by atoms with Crippen LogP contribution >= 0.6 is 0 Å². The third-order valence-corrected chi connectivity index (χ3v) is 6.04. The Labute approximate surface area is 124 Å². The van der Waals surface area contributed by atoms with E-state index in [1.165, 1.54) is 23.6 Å². The van der Waals surface area contributed by atoms with Crippen LogP contribution in [0.25, 0.3) is 0 Å². The van der Waals surface area contributed by atoms with Crippen molar-refractivity contribution in [1.82, 2.24) is 13.9 Å². The van der Waals surface area contributed by atoms with E-state index in [1.54, 1.807) is 11.4 Å². The fraction of sp³-hybridized carbons (Fsp3) is 1.00. The molecule has 20 heavy (non-hydrogen) atoms. The molecule has 1 rings (SSSR count). The smallest absolute Gasteiger partial charge is 0.281 e. The molecule has 0 aromatic rings. The molecule has 5 nitrogen and oxygen atoms in total. The van der Waals surface area contributed by atoms with Crippen LogP contribution in [0, 0.1) is 5.92 Å². The molecule has 0 amide bonds. The summed E-state index contributed by atoms with van der Waals surface area (Å²) in [6, 6.07) is 0. The van der Waals surface area contributed by atoms with Gasteiger partial charge in [0, 0.05) is 26.7 Å². The predicted molar refractivity (Wildman–Crippen MR) is 83.9 cm³/mol. The molecule has 0 aliphatic heterocycles. The molecule has 1 N–H and O–H groups in total. The fourth-order valence-electron chi connectivity index (χ4n) is 2.39. The van der Waals surface area contributed by atoms with Crippen LogP contribution in [0.3, 0.4) is 0 Å². The van der Waals surface area contributed by atoms with Gasteiger partial charge in [0.05, 0.1) is 0 Å². The Morgan fingerprint density at radius 1 is 1.20 bits per heavy atom. The maximum Gasteiger partial charge on any atom is 0.281 e. The number of rotatable bonds is 11. The van der Waals surface area contributed by atoms with Crippen LogP contribution in [0.4, 0.5) is 0 Å². The molecular formula is C14H31N3O2S. The summed E-state index contributed by atoms with van der Waals surface area (Å²) in [6.45, 7) is 7.77. The summed E-state index contributed by atoms with van der Waals surface area (Å²) in [6.07, 6.45) is 5.57. The molecular weight excluding hydrogens is 274 g/mol. The average molecular weight is 305 g/mol. The summed E-state index contributed by atoms with van der Waals surface area (Å²) >= 11 is 0. The topological polar surface area (TPSA) is 52.7 Å². The lowest BCUT2D eigenvalue weighted by Crippen LogP contribution is -2.45. The van der Waals surface area contributed by atoms with Crippen molar-refractivity contribution in [2.75, 3.05) is 39.8 Å². The van der Waals surface area contributed by atoms with Gasteiger partial charge in [-0.25, -0.2) is 0 Å². The SMILES string of the molecule is CCCNCCCN(C)S(=O)(=O)N(CC)CC1CCC1. The average Bonchev–Trinajstić information content (AvgIpc) is 2.36. The Bertz CT molecular complexity index is 355. The van der Waals surface area contributed by atoms with Crippen LogP contribution in [0.15, 0.2) is 0 Å². The molecule has 6 heteroatoms. The molecule has 0 aromatic carbocycles. The van der Waals surface area contributed by atoms with Crippen molar-refractivity contribution in [3.05, 3.63) is 0 Å². The van der Waals surface area contributed by atoms with Gasteiger partial charge in [-0.1, -0.05) is 20.3 Å². The van der Waals surface area contributed by atoms with Gasteiger partial charge in [-0.3, -0.25) is 0 Å². The highest BCUT2D eigenvalue weighted by Gasteiger charge is 2.29. The minimum absolute atomic E-state index is 0.567. The fourth-order valence-corrected chi connectivity index (χ4v) is 3.87. The monoisotopic (exact) mass is 305 g/mol. The first-order chi connectivity index (χ1) is 9.52. The highest BCUT2D eigenvalue weighted by molar-refractivity contribution is 7.86. The zero-order chi connectivity index (χ0) is 15.0. The number of nitrogens with one attached hydrogen (secondary N) is 1. The first-order valence-electron chi connectivity index (χ1n) is 7.94. The number of hydrogen-bond acceptors (Lipinski definition) is 3. The van der Waals surface area contributed by atoms with Crippen LogP contribution in [0.1, 0.15) is 46.0 Å². The van der Waals surface area contributed by atoms with Gasteiger partial charge in [0.15, 0.2) is 0 Å². The molecule has 0 aromatic heterocycles. The Kier molecular flexibility index (Phi) is 8.02. The van der Waals surface area contributed by atoms with E-state index < -0.39 is 10.2 Å². The van der Waals surface area contributed by atoms with Crippen molar-refractivity contribution < 1.29 is 8.42 Å². The van der Waals surface area contributed by atoms with Gasteiger partial charge in [-0.2, -0.15) is 17.0 Å². The molecule has 0 radical (unpaired) electrons. The van der Waals surface area contributed by atoms with Crippen molar-refractivity contribution in [3.8, 4) is 0 Å². The van der Waals surface area contributed by atoms with E-state index in [-0.39, 0.29) is 0 Å². The second-order valence-electron chi connectivity index (χ2n) is 5.68. The molecule has 0 spiro atoms. The molecule has 1 saturated carbocycles. The van der Waals surface area contributed by atoms with E-state index in [2.05, 4.69) is 12.2 Å². The van der Waals surface area contributed by atoms with E-state index in [0.717, 1.165) is 25.9 Å². The normalized spacial score (nSPS) is 16.9. The van der Waals surface area contributed by atoms with E-state index in [1.807, 2.05) is 6.92 Å². The number of nitrogens with zero attached hydrogens (tertiary/aromatic N) is 2. The molecule has 1 aliphatic rings. The molecule has 0 saturated heterocycles. The van der Waals surface area contributed by atoms with E-state index >= 15 is 0 Å². The zero-order valence-corrected chi connectivity index (χ0v) is 14.1. The first kappa shape index (κ1) is 17.9. The van der Waals surface area contributed by atoms with Gasteiger partial charge in [0.1, 0.15) is 0 Å². The van der Waals surface area contributed by atoms with E-state index in [4.69, 9.17) is 0 Å². The Balaban J connectivity index is 2.38. The second-order valence-corrected chi connectivity index (χ2v) is 7.72. The lowest BCUT2D eigenvalue weighted by molar-refractivity contribution is 0.241. The highest BCUT2D eigenvalue weighted by Crippen LogP contribution is 2.28. The summed E-state index contributed by atoms with van der Waals surface area (Å²) in [5, 5.41) is 3.30. The lowest BCUT2D eigenvalue weighted by Gasteiger charge is -2.33. The molecule has 1 fully saturated rings. The summed E-state index contributed by atoms with van der Waals surface area (Å²) in [5.41, 5.74) is 0. The Hall–Kier alpha value is -0.170. The highest BCUT2D eigenvalue weighted by atomic mass is 32.2. The van der Waals surface area contributed by atoms with Crippen molar-refractivity contribution >= 4 is 10.2 Å². The lowest BCUT2D eigenvalue weighted by atomic mass is 9.85. The molecule has 0 atom stereocenters. The summed E-state index contributed by atoms with van der Waals surface area (Å²) in [5.74, 6) is 0.573. The molecule has 1 aliphatic carbocycles. The zero-order valence-electron chi connectivity index (χ0n) is 13.3. The maximum atomic E-state index is 12.5. The minimum atomic E-state index is -3.28. The summed E-state index contributed by atoms with van der Waals surface area (Å²) in [4.78, 5) is 0. The van der Waals surface area contributed by atoms with Gasteiger partial charge in [-0.05, 0) is 44.7 Å². The van der Waals surface area contributed by atoms with Crippen LogP contribution in [0.2, 0.25) is 0 Å². The Morgan fingerprint density at radius 3 is 2.40 bits per heavy atom. The second kappa shape index (κ2) is 8.97. The third kappa shape index (κ3) is 5.31. The van der Waals surface area contributed by atoms with E-state index in [0.29, 0.717) is 25.6 Å². The van der Waals surface area contributed by atoms with E-state index in [9.17, 15) is 8.42 Å². The van der Waals surface area contributed by atoms with Crippen LogP contribution in [-0.2, 0) is 10.2 Å². The summed E-state index contributed by atoms with van der Waals surface area (Å²) < 4.78 is 28.1. The largest absolute Gasteiger partial charge is 0.317 e. The van der Waals surface area contributed by atoms with Crippen molar-refractivity contribution in [2.45, 2.75) is 46.0 Å².